The fourth-order valence-corrected chi connectivity index (χ4v) is 6.09. The van der Waals surface area contributed by atoms with E-state index in [0.29, 0.717) is 43.6 Å². The van der Waals surface area contributed by atoms with Crippen LogP contribution in [0.4, 0.5) is 30.7 Å². The Balaban J connectivity index is 1.67. The Morgan fingerprint density at radius 2 is 1.34 bits per heavy atom. The molecule has 4 rings (SSSR count). The van der Waals surface area contributed by atoms with Crippen LogP contribution in [0.5, 0.6) is 0 Å². The van der Waals surface area contributed by atoms with Gasteiger partial charge in [-0.3, -0.25) is 14.4 Å². The molecule has 0 saturated carbocycles. The fourth-order valence-electron chi connectivity index (χ4n) is 6.09. The second-order valence-corrected chi connectivity index (χ2v) is 12.1. The van der Waals surface area contributed by atoms with Gasteiger partial charge in [-0.15, -0.1) is 0 Å². The van der Waals surface area contributed by atoms with Crippen LogP contribution in [0.2, 0.25) is 0 Å². The molecule has 0 radical (unpaired) electrons. The minimum Gasteiger partial charge on any atom is -0.343 e. The van der Waals surface area contributed by atoms with Crippen LogP contribution in [0.25, 0.3) is 0 Å². The summed E-state index contributed by atoms with van der Waals surface area (Å²) >= 11 is 0. The number of amides is 3. The molecule has 13 heteroatoms. The maximum absolute atomic E-state index is 14.0. The zero-order valence-corrected chi connectivity index (χ0v) is 24.7. The van der Waals surface area contributed by atoms with Crippen molar-refractivity contribution in [2.45, 2.75) is 69.9 Å². The van der Waals surface area contributed by atoms with E-state index in [1.165, 1.54) is 49.8 Å². The van der Waals surface area contributed by atoms with Crippen molar-refractivity contribution in [1.29, 1.82) is 0 Å². The highest BCUT2D eigenvalue weighted by Gasteiger charge is 2.46. The monoisotopic (exact) mass is 629 g/mol. The number of likely N-dealkylation sites (tertiary alicyclic amines) is 2. The summed E-state index contributed by atoms with van der Waals surface area (Å²) in [5, 5.41) is 0. The molecule has 2 atom stereocenters. The number of hydrogen-bond acceptors (Lipinski definition) is 3. The van der Waals surface area contributed by atoms with Crippen LogP contribution in [-0.2, 0) is 32.2 Å². The van der Waals surface area contributed by atoms with Crippen molar-refractivity contribution >= 4 is 17.7 Å². The first kappa shape index (κ1) is 33.3. The van der Waals surface area contributed by atoms with Crippen LogP contribution in [0.15, 0.2) is 42.5 Å². The lowest BCUT2D eigenvalue weighted by molar-refractivity contribution is -0.150. The summed E-state index contributed by atoms with van der Waals surface area (Å²) in [6, 6.07) is 6.79. The SMILES string of the molecule is CC(=O)N1CCC(C(=O)N2C[C@@H](c3ccc(F)cc3)CC2N(C)C(=O)C(C)(C)c2cc(C(F)(F)F)cc(C(F)(F)F)c2)CC1. The molecule has 2 saturated heterocycles. The molecule has 3 amide bonds. The van der Waals surface area contributed by atoms with E-state index in [1.807, 2.05) is 0 Å². The summed E-state index contributed by atoms with van der Waals surface area (Å²) in [4.78, 5) is 43.9. The Bertz CT molecular complexity index is 1370. The number of likely N-dealkylation sites (N-methyl/N-ethyl adjacent to an activating group) is 1. The van der Waals surface area contributed by atoms with Gasteiger partial charge in [-0.25, -0.2) is 4.39 Å². The molecule has 2 aromatic carbocycles. The molecule has 0 aromatic heterocycles. The van der Waals surface area contributed by atoms with Crippen LogP contribution in [0, 0.1) is 11.7 Å². The molecule has 2 fully saturated rings. The first-order valence-corrected chi connectivity index (χ1v) is 14.2. The second-order valence-electron chi connectivity index (χ2n) is 12.1. The van der Waals surface area contributed by atoms with Gasteiger partial charge >= 0.3 is 12.4 Å². The zero-order chi connectivity index (χ0) is 32.8. The summed E-state index contributed by atoms with van der Waals surface area (Å²) in [6.07, 6.45) is -10.0. The highest BCUT2D eigenvalue weighted by Crippen LogP contribution is 2.41. The molecule has 2 heterocycles. The zero-order valence-electron chi connectivity index (χ0n) is 24.7. The molecule has 0 N–H and O–H groups in total. The number of carbonyl (C=O) groups is 3. The Hall–Kier alpha value is -3.64. The van der Waals surface area contributed by atoms with Gasteiger partial charge in [0.15, 0.2) is 0 Å². The van der Waals surface area contributed by atoms with Crippen molar-refractivity contribution in [3.05, 3.63) is 70.5 Å². The third-order valence-corrected chi connectivity index (χ3v) is 8.80. The van der Waals surface area contributed by atoms with E-state index in [-0.39, 0.29) is 36.8 Å². The number of piperidine rings is 1. The molecule has 6 nitrogen and oxygen atoms in total. The highest BCUT2D eigenvalue weighted by molar-refractivity contribution is 5.88. The van der Waals surface area contributed by atoms with Gasteiger partial charge in [0.25, 0.3) is 0 Å². The van der Waals surface area contributed by atoms with E-state index in [0.717, 1.165) is 0 Å². The summed E-state index contributed by atoms with van der Waals surface area (Å²) in [7, 11) is 1.37. The summed E-state index contributed by atoms with van der Waals surface area (Å²) in [5.41, 5.74) is -4.66. The first-order valence-electron chi connectivity index (χ1n) is 14.2. The fraction of sp³-hybridized carbons (Fsp3) is 0.516. The van der Waals surface area contributed by atoms with E-state index in [4.69, 9.17) is 0 Å². The van der Waals surface area contributed by atoms with Gasteiger partial charge in [-0.1, -0.05) is 12.1 Å². The molecule has 0 bridgehead atoms. The Labute approximate surface area is 250 Å². The topological polar surface area (TPSA) is 60.9 Å². The molecule has 1 unspecified atom stereocenters. The number of hydrogen-bond donors (Lipinski definition) is 0. The molecule has 240 valence electrons. The van der Waals surface area contributed by atoms with Crippen LogP contribution in [-0.4, -0.2) is 65.3 Å². The smallest absolute Gasteiger partial charge is 0.343 e. The molecule has 2 aromatic rings. The molecule has 44 heavy (non-hydrogen) atoms. The van der Waals surface area contributed by atoms with Crippen molar-refractivity contribution in [2.24, 2.45) is 5.92 Å². The van der Waals surface area contributed by atoms with Crippen molar-refractivity contribution < 1.29 is 45.1 Å². The Kier molecular flexibility index (Phi) is 9.10. The average molecular weight is 630 g/mol. The lowest BCUT2D eigenvalue weighted by atomic mass is 9.81. The van der Waals surface area contributed by atoms with Gasteiger partial charge in [-0.05, 0) is 74.6 Å². The largest absolute Gasteiger partial charge is 0.416 e. The van der Waals surface area contributed by atoms with Crippen molar-refractivity contribution in [3.63, 3.8) is 0 Å². The van der Waals surface area contributed by atoms with Crippen molar-refractivity contribution in [1.82, 2.24) is 14.7 Å². The third-order valence-electron chi connectivity index (χ3n) is 8.80. The second kappa shape index (κ2) is 12.0. The third kappa shape index (κ3) is 6.86. The van der Waals surface area contributed by atoms with Gasteiger partial charge in [0.05, 0.1) is 16.5 Å². The number of alkyl halides is 6. The van der Waals surface area contributed by atoms with Crippen LogP contribution in [0.1, 0.15) is 68.2 Å². The molecular weight excluding hydrogens is 595 g/mol. The molecule has 2 aliphatic rings. The molecule has 2 aliphatic heterocycles. The highest BCUT2D eigenvalue weighted by atomic mass is 19.4. The normalized spacial score (nSPS) is 20.2. The predicted molar refractivity (Wildman–Crippen MR) is 146 cm³/mol. The Morgan fingerprint density at radius 1 is 0.841 bits per heavy atom. The quantitative estimate of drug-likeness (QED) is 0.370. The summed E-state index contributed by atoms with van der Waals surface area (Å²) in [6.45, 7) is 4.86. The van der Waals surface area contributed by atoms with E-state index >= 15 is 0 Å². The maximum atomic E-state index is 14.0. The van der Waals surface area contributed by atoms with Crippen LogP contribution < -0.4 is 0 Å². The van der Waals surface area contributed by atoms with E-state index in [1.54, 1.807) is 17.0 Å². The van der Waals surface area contributed by atoms with Gasteiger partial charge in [0, 0.05) is 45.4 Å². The lowest BCUT2D eigenvalue weighted by Crippen LogP contribution is -2.54. The first-order chi connectivity index (χ1) is 20.3. The molecular formula is C31H34F7N3O3. The standard InChI is InChI=1S/C31H34F7N3O3/c1-18(42)40-11-9-20(10-12-40)27(43)41-17-21(19-5-7-25(32)8-6-19)13-26(41)39(4)28(44)29(2,3)22-14-23(30(33,34)35)16-24(15-22)31(36,37)38/h5-8,14-16,20-21,26H,9-13,17H2,1-4H3/t21-,26?/m0/s1. The maximum Gasteiger partial charge on any atom is 0.416 e. The van der Waals surface area contributed by atoms with Gasteiger partial charge in [0.1, 0.15) is 12.0 Å². The number of rotatable bonds is 5. The molecule has 0 aliphatic carbocycles. The van der Waals surface area contributed by atoms with Crippen LogP contribution in [0.3, 0.4) is 0 Å². The number of halogens is 7. The average Bonchev–Trinajstić information content (AvgIpc) is 3.40. The van der Waals surface area contributed by atoms with E-state index in [2.05, 4.69) is 0 Å². The minimum absolute atomic E-state index is 0.00976. The lowest BCUT2D eigenvalue weighted by Gasteiger charge is -2.39. The van der Waals surface area contributed by atoms with Crippen LogP contribution >= 0.6 is 0 Å². The van der Waals surface area contributed by atoms with E-state index in [9.17, 15) is 45.1 Å². The number of benzene rings is 2. The van der Waals surface area contributed by atoms with Gasteiger partial charge < -0.3 is 14.7 Å². The Morgan fingerprint density at radius 3 is 1.82 bits per heavy atom. The predicted octanol–water partition coefficient (Wildman–Crippen LogP) is 6.20. The van der Waals surface area contributed by atoms with Crippen molar-refractivity contribution in [3.8, 4) is 0 Å². The number of nitrogens with zero attached hydrogens (tertiary/aromatic N) is 3. The molecule has 0 spiro atoms. The van der Waals surface area contributed by atoms with Gasteiger partial charge in [-0.2, -0.15) is 26.3 Å². The van der Waals surface area contributed by atoms with Crippen molar-refractivity contribution in [2.75, 3.05) is 26.7 Å². The van der Waals surface area contributed by atoms with Gasteiger partial charge in [0.2, 0.25) is 17.7 Å². The summed E-state index contributed by atoms with van der Waals surface area (Å²) in [5.74, 6) is -2.37. The number of carbonyl (C=O) groups excluding carboxylic acids is 3. The van der Waals surface area contributed by atoms with E-state index < -0.39 is 58.3 Å². The minimum atomic E-state index is -5.09. The summed E-state index contributed by atoms with van der Waals surface area (Å²) < 4.78 is 95.2.